The number of hydrogen-bond acceptors (Lipinski definition) is 4. The number of imidazole rings is 1. The summed E-state index contributed by atoms with van der Waals surface area (Å²) in [6.45, 7) is 5.57. The van der Waals surface area contributed by atoms with Crippen molar-refractivity contribution in [3.63, 3.8) is 0 Å². The molecule has 0 atom stereocenters. The number of benzene rings is 2. The van der Waals surface area contributed by atoms with Crippen LogP contribution in [0.2, 0.25) is 5.15 Å². The van der Waals surface area contributed by atoms with Crippen molar-refractivity contribution in [2.75, 3.05) is 0 Å². The van der Waals surface area contributed by atoms with E-state index in [4.69, 9.17) is 16.3 Å². The number of alkyl carbamates (subject to hydrolysis) is 1. The Kier molecular flexibility index (Phi) is 5.68. The minimum Gasteiger partial charge on any atom is -0.444 e. The van der Waals surface area contributed by atoms with Crippen molar-refractivity contribution in [2.24, 2.45) is 0 Å². The van der Waals surface area contributed by atoms with Crippen LogP contribution >= 0.6 is 11.6 Å². The SMILES string of the molecule is CC(C)(C)OC(=O)NC1(c2ccc(-c3[nH]c4cc(=O)c(Cl)nn4c3-c3ccccc3)cc2)CCC1. The van der Waals surface area contributed by atoms with E-state index in [0.29, 0.717) is 5.65 Å². The van der Waals surface area contributed by atoms with Crippen molar-refractivity contribution in [2.45, 2.75) is 51.2 Å². The maximum atomic E-state index is 12.5. The second-order valence-electron chi connectivity index (χ2n) is 9.95. The maximum absolute atomic E-state index is 12.5. The van der Waals surface area contributed by atoms with Crippen LogP contribution in [0, 0.1) is 0 Å². The number of halogens is 1. The predicted molar refractivity (Wildman–Crippen MR) is 137 cm³/mol. The van der Waals surface area contributed by atoms with E-state index in [1.165, 1.54) is 6.07 Å². The van der Waals surface area contributed by atoms with Crippen LogP contribution < -0.4 is 10.7 Å². The van der Waals surface area contributed by atoms with Crippen molar-refractivity contribution in [3.05, 3.63) is 81.6 Å². The number of fused-ring (bicyclic) bond motifs is 1. The highest BCUT2D eigenvalue weighted by molar-refractivity contribution is 6.29. The first-order chi connectivity index (χ1) is 16.7. The smallest absolute Gasteiger partial charge is 0.408 e. The summed E-state index contributed by atoms with van der Waals surface area (Å²) in [6, 6.07) is 19.4. The van der Waals surface area contributed by atoms with Gasteiger partial charge in [0, 0.05) is 17.2 Å². The van der Waals surface area contributed by atoms with Gasteiger partial charge in [0.1, 0.15) is 11.2 Å². The average molecular weight is 491 g/mol. The van der Waals surface area contributed by atoms with E-state index in [1.54, 1.807) is 4.52 Å². The van der Waals surface area contributed by atoms with E-state index in [9.17, 15) is 9.59 Å². The summed E-state index contributed by atoms with van der Waals surface area (Å²) in [5.41, 5.74) is 3.76. The molecule has 4 aromatic rings. The summed E-state index contributed by atoms with van der Waals surface area (Å²) in [5.74, 6) is 0. The maximum Gasteiger partial charge on any atom is 0.408 e. The van der Waals surface area contributed by atoms with Crippen molar-refractivity contribution in [1.29, 1.82) is 0 Å². The molecule has 0 saturated heterocycles. The topological polar surface area (TPSA) is 88.5 Å². The van der Waals surface area contributed by atoms with Crippen LogP contribution in [0.3, 0.4) is 0 Å². The van der Waals surface area contributed by atoms with Gasteiger partial charge in [-0.15, -0.1) is 5.10 Å². The van der Waals surface area contributed by atoms with Crippen LogP contribution in [0.5, 0.6) is 0 Å². The monoisotopic (exact) mass is 490 g/mol. The minimum atomic E-state index is -0.555. The number of carbonyl (C=O) groups excluding carboxylic acids is 1. The molecule has 2 aromatic heterocycles. The average Bonchev–Trinajstić information content (AvgIpc) is 3.14. The summed E-state index contributed by atoms with van der Waals surface area (Å²) in [7, 11) is 0. The van der Waals surface area contributed by atoms with Crippen molar-refractivity contribution in [3.8, 4) is 22.5 Å². The zero-order valence-electron chi connectivity index (χ0n) is 19.9. The van der Waals surface area contributed by atoms with E-state index in [-0.39, 0.29) is 10.6 Å². The molecule has 0 unspecified atom stereocenters. The first-order valence-electron chi connectivity index (χ1n) is 11.6. The molecule has 1 aliphatic carbocycles. The van der Waals surface area contributed by atoms with Crippen LogP contribution in [0.25, 0.3) is 28.2 Å². The molecule has 180 valence electrons. The molecule has 35 heavy (non-hydrogen) atoms. The molecule has 8 heteroatoms. The van der Waals surface area contributed by atoms with Crippen molar-refractivity contribution in [1.82, 2.24) is 19.9 Å². The summed E-state index contributed by atoms with van der Waals surface area (Å²) in [6.07, 6.45) is 2.35. The summed E-state index contributed by atoms with van der Waals surface area (Å²) in [5, 5.41) is 7.33. The second kappa shape index (κ2) is 8.57. The van der Waals surface area contributed by atoms with Crippen LogP contribution in [0.15, 0.2) is 65.5 Å². The Hall–Kier alpha value is -3.58. The van der Waals surface area contributed by atoms with Gasteiger partial charge in [0.25, 0.3) is 0 Å². The van der Waals surface area contributed by atoms with Gasteiger partial charge in [0.05, 0.1) is 16.9 Å². The van der Waals surface area contributed by atoms with Gasteiger partial charge >= 0.3 is 6.09 Å². The third kappa shape index (κ3) is 4.44. The molecule has 2 N–H and O–H groups in total. The molecule has 0 spiro atoms. The normalized spacial score (nSPS) is 15.0. The van der Waals surface area contributed by atoms with Gasteiger partial charge < -0.3 is 15.0 Å². The Bertz CT molecular complexity index is 1450. The number of hydrogen-bond donors (Lipinski definition) is 2. The Balaban J connectivity index is 1.54. The molecule has 5 rings (SSSR count). The van der Waals surface area contributed by atoms with E-state index in [0.717, 1.165) is 47.3 Å². The lowest BCUT2D eigenvalue weighted by molar-refractivity contribution is 0.0377. The molecule has 7 nitrogen and oxygen atoms in total. The van der Waals surface area contributed by atoms with Crippen LogP contribution in [-0.4, -0.2) is 26.3 Å². The number of carbonyl (C=O) groups is 1. The largest absolute Gasteiger partial charge is 0.444 e. The quantitative estimate of drug-likeness (QED) is 0.372. The van der Waals surface area contributed by atoms with Gasteiger partial charge in [-0.3, -0.25) is 4.79 Å². The summed E-state index contributed by atoms with van der Waals surface area (Å²) in [4.78, 5) is 28.0. The second-order valence-corrected chi connectivity index (χ2v) is 10.3. The van der Waals surface area contributed by atoms with Gasteiger partial charge in [-0.25, -0.2) is 9.31 Å². The standard InChI is InChI=1S/C27H27ClN4O3/c1-26(2,3)35-25(34)30-27(14-7-15-27)19-12-10-17(11-13-19)22-23(18-8-5-4-6-9-18)32-21(29-22)16-20(33)24(28)31-32/h4-6,8-13,16,29H,7,14-15H2,1-3H3,(H,30,34). The third-order valence-electron chi connectivity index (χ3n) is 6.31. The summed E-state index contributed by atoms with van der Waals surface area (Å²) < 4.78 is 7.17. The first kappa shape index (κ1) is 23.2. The molecule has 2 heterocycles. The molecule has 1 aliphatic rings. The van der Waals surface area contributed by atoms with Crippen LogP contribution in [0.4, 0.5) is 4.79 Å². The predicted octanol–water partition coefficient (Wildman–Crippen LogP) is 5.91. The van der Waals surface area contributed by atoms with Gasteiger partial charge in [-0.05, 0) is 45.6 Å². The molecule has 2 aromatic carbocycles. The highest BCUT2D eigenvalue weighted by Gasteiger charge is 2.41. The van der Waals surface area contributed by atoms with Crippen LogP contribution in [-0.2, 0) is 10.3 Å². The van der Waals surface area contributed by atoms with Crippen LogP contribution in [0.1, 0.15) is 45.6 Å². The molecular weight excluding hydrogens is 464 g/mol. The van der Waals surface area contributed by atoms with Crippen molar-refractivity contribution < 1.29 is 9.53 Å². The fourth-order valence-corrected chi connectivity index (χ4v) is 4.66. The van der Waals surface area contributed by atoms with Gasteiger partial charge in [0.15, 0.2) is 5.15 Å². The number of aromatic nitrogens is 3. The molecule has 0 aliphatic heterocycles. The zero-order chi connectivity index (χ0) is 24.8. The fraction of sp³-hybridized carbons (Fsp3) is 0.296. The Morgan fingerprint density at radius 3 is 2.37 bits per heavy atom. The lowest BCUT2D eigenvalue weighted by Crippen LogP contribution is -2.52. The highest BCUT2D eigenvalue weighted by Crippen LogP contribution is 2.42. The van der Waals surface area contributed by atoms with E-state index in [1.807, 2.05) is 75.4 Å². The van der Waals surface area contributed by atoms with Gasteiger partial charge in [-0.1, -0.05) is 66.2 Å². The molecular formula is C27H27ClN4O3. The Morgan fingerprint density at radius 2 is 1.77 bits per heavy atom. The fourth-order valence-electron chi connectivity index (χ4n) is 4.53. The number of H-pyrrole nitrogens is 1. The number of nitrogens with one attached hydrogen (secondary N) is 2. The molecule has 1 amide bonds. The molecule has 0 bridgehead atoms. The van der Waals surface area contributed by atoms with E-state index < -0.39 is 17.2 Å². The summed E-state index contributed by atoms with van der Waals surface area (Å²) >= 11 is 6.07. The number of nitrogens with zero attached hydrogens (tertiary/aromatic N) is 2. The number of aromatic amines is 1. The first-order valence-corrected chi connectivity index (χ1v) is 12.0. The lowest BCUT2D eigenvalue weighted by atomic mass is 9.71. The van der Waals surface area contributed by atoms with Crippen molar-refractivity contribution >= 4 is 23.3 Å². The van der Waals surface area contributed by atoms with E-state index >= 15 is 0 Å². The highest BCUT2D eigenvalue weighted by atomic mass is 35.5. The van der Waals surface area contributed by atoms with E-state index in [2.05, 4.69) is 15.4 Å². The molecule has 0 radical (unpaired) electrons. The van der Waals surface area contributed by atoms with Gasteiger partial charge in [-0.2, -0.15) is 0 Å². The lowest BCUT2D eigenvalue weighted by Gasteiger charge is -2.43. The third-order valence-corrected chi connectivity index (χ3v) is 6.57. The number of ether oxygens (including phenoxy) is 1. The molecule has 1 fully saturated rings. The zero-order valence-corrected chi connectivity index (χ0v) is 20.6. The number of rotatable bonds is 4. The Morgan fingerprint density at radius 1 is 1.09 bits per heavy atom. The Labute approximate surface area is 208 Å². The number of amides is 1. The molecule has 1 saturated carbocycles. The van der Waals surface area contributed by atoms with Gasteiger partial charge in [0.2, 0.25) is 5.43 Å². The minimum absolute atomic E-state index is 0.0827.